The maximum atomic E-state index is 4.78. The van der Waals surface area contributed by atoms with Crippen molar-refractivity contribution < 1.29 is 0 Å². The molecule has 0 unspecified atom stereocenters. The Kier molecular flexibility index (Phi) is 5.98. The molecule has 11 rings (SSSR count). The topological polar surface area (TPSA) is 35.6 Å². The lowest BCUT2D eigenvalue weighted by Crippen LogP contribution is -1.96. The van der Waals surface area contributed by atoms with Gasteiger partial charge in [0.2, 0.25) is 0 Å². The van der Waals surface area contributed by atoms with Crippen LogP contribution in [-0.4, -0.2) is 19.1 Å². The molecule has 4 nitrogen and oxygen atoms in total. The molecule has 0 amide bonds. The van der Waals surface area contributed by atoms with E-state index in [1.165, 1.54) is 77.1 Å². The summed E-state index contributed by atoms with van der Waals surface area (Å²) in [5.41, 5.74) is 16.4. The summed E-state index contributed by atoms with van der Waals surface area (Å²) in [4.78, 5) is 9.46. The number of nitrogens with zero attached hydrogens (tertiary/aromatic N) is 4. The summed E-state index contributed by atoms with van der Waals surface area (Å²) in [6.07, 6.45) is 2.56. The number of benzene rings is 7. The lowest BCUT2D eigenvalue weighted by atomic mass is 9.98. The van der Waals surface area contributed by atoms with Crippen molar-refractivity contribution in [1.29, 1.82) is 0 Å². The van der Waals surface area contributed by atoms with Gasteiger partial charge < -0.3 is 9.13 Å². The van der Waals surface area contributed by atoms with Crippen LogP contribution in [0.1, 0.15) is 11.1 Å². The van der Waals surface area contributed by atoms with E-state index < -0.39 is 0 Å². The van der Waals surface area contributed by atoms with Gasteiger partial charge in [-0.05, 0) is 71.3 Å². The summed E-state index contributed by atoms with van der Waals surface area (Å²) >= 11 is 0. The van der Waals surface area contributed by atoms with Crippen molar-refractivity contribution in [2.75, 3.05) is 0 Å². The van der Waals surface area contributed by atoms with Crippen molar-refractivity contribution in [2.45, 2.75) is 6.42 Å². The normalized spacial score (nSPS) is 12.2. The van der Waals surface area contributed by atoms with Gasteiger partial charge in [-0.25, -0.2) is 9.97 Å². The smallest absolute Gasteiger partial charge is 0.116 e. The third-order valence-corrected chi connectivity index (χ3v) is 10.7. The predicted molar refractivity (Wildman–Crippen MR) is 210 cm³/mol. The highest BCUT2D eigenvalue weighted by molar-refractivity contribution is 6.17. The van der Waals surface area contributed by atoms with Crippen LogP contribution in [0.5, 0.6) is 0 Å². The summed E-state index contributed by atoms with van der Waals surface area (Å²) < 4.78 is 4.77. The Morgan fingerprint density at radius 1 is 0.412 bits per heavy atom. The summed E-state index contributed by atoms with van der Waals surface area (Å²) in [7, 11) is 0. The van der Waals surface area contributed by atoms with Gasteiger partial charge in [0.25, 0.3) is 0 Å². The molecule has 51 heavy (non-hydrogen) atoms. The molecule has 1 aliphatic carbocycles. The zero-order valence-electron chi connectivity index (χ0n) is 27.7. The average molecular weight is 651 g/mol. The van der Waals surface area contributed by atoms with Crippen molar-refractivity contribution in [3.63, 3.8) is 0 Å². The van der Waals surface area contributed by atoms with Crippen LogP contribution in [-0.2, 0) is 6.42 Å². The molecule has 0 fully saturated rings. The summed E-state index contributed by atoms with van der Waals surface area (Å²) in [5.74, 6) is 0. The Bertz CT molecular complexity index is 2980. The third-order valence-electron chi connectivity index (χ3n) is 10.7. The van der Waals surface area contributed by atoms with E-state index in [1.54, 1.807) is 6.33 Å². The van der Waals surface area contributed by atoms with Gasteiger partial charge in [0, 0.05) is 56.0 Å². The first-order valence-corrected chi connectivity index (χ1v) is 17.5. The molecule has 0 saturated heterocycles. The monoisotopic (exact) mass is 650 g/mol. The first-order chi connectivity index (χ1) is 25.3. The highest BCUT2D eigenvalue weighted by atomic mass is 15.0. The Morgan fingerprint density at radius 2 is 1.02 bits per heavy atom. The highest BCUT2D eigenvalue weighted by Gasteiger charge is 2.24. The van der Waals surface area contributed by atoms with Crippen molar-refractivity contribution in [3.8, 4) is 45.0 Å². The van der Waals surface area contributed by atoms with E-state index in [0.29, 0.717) is 0 Å². The molecule has 0 spiro atoms. The number of rotatable bonds is 4. The first-order valence-electron chi connectivity index (χ1n) is 17.5. The molecule has 3 heterocycles. The van der Waals surface area contributed by atoms with Crippen LogP contribution >= 0.6 is 0 Å². The summed E-state index contributed by atoms with van der Waals surface area (Å²) in [5, 5.41) is 5.01. The van der Waals surface area contributed by atoms with Gasteiger partial charge in [-0.2, -0.15) is 0 Å². The fraction of sp³-hybridized carbons (Fsp3) is 0.0213. The molecule has 0 saturated carbocycles. The Labute approximate surface area is 294 Å². The molecule has 10 aromatic rings. The molecule has 3 aromatic heterocycles. The fourth-order valence-electron chi connectivity index (χ4n) is 8.46. The molecule has 0 aliphatic heterocycles. The van der Waals surface area contributed by atoms with E-state index in [-0.39, 0.29) is 0 Å². The van der Waals surface area contributed by atoms with Gasteiger partial charge in [0.05, 0.1) is 33.5 Å². The van der Waals surface area contributed by atoms with Gasteiger partial charge >= 0.3 is 0 Å². The number of hydrogen-bond acceptors (Lipinski definition) is 2. The molecule has 0 N–H and O–H groups in total. The highest BCUT2D eigenvalue weighted by Crippen LogP contribution is 2.42. The molecular formula is C47H30N4. The lowest BCUT2D eigenvalue weighted by Gasteiger charge is -2.11. The molecule has 238 valence electrons. The second kappa shape index (κ2) is 10.9. The van der Waals surface area contributed by atoms with E-state index in [0.717, 1.165) is 29.1 Å². The van der Waals surface area contributed by atoms with Crippen LogP contribution < -0.4 is 0 Å². The molecule has 4 heteroatoms. The van der Waals surface area contributed by atoms with Gasteiger partial charge in [-0.3, -0.25) is 0 Å². The minimum absolute atomic E-state index is 0.859. The minimum Gasteiger partial charge on any atom is -0.309 e. The first kappa shape index (κ1) is 28.1. The van der Waals surface area contributed by atoms with Crippen LogP contribution in [0.15, 0.2) is 170 Å². The predicted octanol–water partition coefficient (Wildman–Crippen LogP) is 11.6. The maximum Gasteiger partial charge on any atom is 0.116 e. The van der Waals surface area contributed by atoms with Crippen LogP contribution in [0.3, 0.4) is 0 Å². The largest absolute Gasteiger partial charge is 0.309 e. The number of hydrogen-bond donors (Lipinski definition) is 0. The Morgan fingerprint density at radius 3 is 1.88 bits per heavy atom. The van der Waals surface area contributed by atoms with E-state index in [9.17, 15) is 0 Å². The van der Waals surface area contributed by atoms with E-state index in [4.69, 9.17) is 4.98 Å². The average Bonchev–Trinajstić information content (AvgIpc) is 3.86. The quantitative estimate of drug-likeness (QED) is 0.190. The van der Waals surface area contributed by atoms with Crippen LogP contribution in [0.25, 0.3) is 88.6 Å². The second-order valence-electron chi connectivity index (χ2n) is 13.4. The number of para-hydroxylation sites is 3. The van der Waals surface area contributed by atoms with E-state index in [1.807, 2.05) is 0 Å². The maximum absolute atomic E-state index is 4.78. The Balaban J connectivity index is 1.06. The molecule has 1 aliphatic rings. The zero-order valence-corrected chi connectivity index (χ0v) is 27.7. The number of fused-ring (bicyclic) bond motifs is 9. The standard InChI is InChI=1S/C47H30N4/c1-2-12-33(13-3-1)50-41-18-8-6-15-37(41)39-27-32(23-26-43(39)50)35-17-10-20-44-45(35)38-16-7-9-19-42(38)51(44)34-24-21-30(22-25-34)46-40-28-31-11-4-5-14-36(31)47(40)49-29-48-46/h1-27,29H,28H2. The van der Waals surface area contributed by atoms with Crippen molar-refractivity contribution in [3.05, 3.63) is 181 Å². The SMILES string of the molecule is c1ccc(-n2c3ccccc3c3cc(-c4cccc5c4c4ccccc4n5-c4ccc(-c5ncnc6c5Cc5ccccc5-6)cc4)ccc32)cc1. The van der Waals surface area contributed by atoms with Crippen LogP contribution in [0, 0.1) is 0 Å². The lowest BCUT2D eigenvalue weighted by molar-refractivity contribution is 1.12. The van der Waals surface area contributed by atoms with Crippen LogP contribution in [0.4, 0.5) is 0 Å². The fourth-order valence-corrected chi connectivity index (χ4v) is 8.46. The molecule has 0 atom stereocenters. The van der Waals surface area contributed by atoms with Crippen molar-refractivity contribution in [2.24, 2.45) is 0 Å². The number of aromatic nitrogens is 4. The van der Waals surface area contributed by atoms with E-state index in [2.05, 4.69) is 178 Å². The van der Waals surface area contributed by atoms with Gasteiger partial charge in [0.1, 0.15) is 6.33 Å². The van der Waals surface area contributed by atoms with Gasteiger partial charge in [-0.15, -0.1) is 0 Å². The van der Waals surface area contributed by atoms with E-state index >= 15 is 0 Å². The minimum atomic E-state index is 0.859. The summed E-state index contributed by atoms with van der Waals surface area (Å²) in [6, 6.07) is 59.3. The van der Waals surface area contributed by atoms with Crippen LogP contribution in [0.2, 0.25) is 0 Å². The zero-order chi connectivity index (χ0) is 33.5. The van der Waals surface area contributed by atoms with Crippen molar-refractivity contribution >= 4 is 43.6 Å². The van der Waals surface area contributed by atoms with Gasteiger partial charge in [0.15, 0.2) is 0 Å². The third kappa shape index (κ3) is 4.14. The van der Waals surface area contributed by atoms with Gasteiger partial charge in [-0.1, -0.05) is 109 Å². The Hall–Kier alpha value is -6.78. The molecule has 7 aromatic carbocycles. The second-order valence-corrected chi connectivity index (χ2v) is 13.4. The molecular weight excluding hydrogens is 621 g/mol. The summed E-state index contributed by atoms with van der Waals surface area (Å²) in [6.45, 7) is 0. The molecule has 0 bridgehead atoms. The van der Waals surface area contributed by atoms with Crippen molar-refractivity contribution in [1.82, 2.24) is 19.1 Å². The molecule has 0 radical (unpaired) electrons.